The number of carbonyl (C=O) groups is 1. The van der Waals surface area contributed by atoms with Crippen molar-refractivity contribution in [2.24, 2.45) is 0 Å². The van der Waals surface area contributed by atoms with E-state index in [1.807, 2.05) is 14.1 Å². The SMILES string of the molecule is CN(C)C(C)(C)CNC(=O)c1cnccc1N.Cl.Cl. The minimum atomic E-state index is -0.189. The van der Waals surface area contributed by atoms with Crippen LogP contribution in [0.4, 0.5) is 5.69 Å². The van der Waals surface area contributed by atoms with Crippen molar-refractivity contribution in [3.05, 3.63) is 24.0 Å². The molecule has 1 rings (SSSR count). The van der Waals surface area contributed by atoms with Crippen molar-refractivity contribution in [1.29, 1.82) is 0 Å². The third-order valence-corrected chi connectivity index (χ3v) is 2.99. The van der Waals surface area contributed by atoms with Crippen LogP contribution in [0.3, 0.4) is 0 Å². The predicted molar refractivity (Wildman–Crippen MR) is 83.2 cm³/mol. The smallest absolute Gasteiger partial charge is 0.255 e. The summed E-state index contributed by atoms with van der Waals surface area (Å²) in [4.78, 5) is 17.8. The molecule has 0 fully saturated rings. The molecule has 0 unspecified atom stereocenters. The van der Waals surface area contributed by atoms with E-state index in [0.717, 1.165) is 0 Å². The van der Waals surface area contributed by atoms with Crippen LogP contribution in [-0.2, 0) is 0 Å². The molecule has 0 saturated carbocycles. The van der Waals surface area contributed by atoms with Gasteiger partial charge in [0.25, 0.3) is 5.91 Å². The van der Waals surface area contributed by atoms with Crippen molar-refractivity contribution in [3.63, 3.8) is 0 Å². The highest BCUT2D eigenvalue weighted by Crippen LogP contribution is 2.11. The average Bonchev–Trinajstić information content (AvgIpc) is 2.26. The van der Waals surface area contributed by atoms with E-state index in [-0.39, 0.29) is 36.3 Å². The Hall–Kier alpha value is -1.04. The van der Waals surface area contributed by atoms with Gasteiger partial charge in [0.2, 0.25) is 0 Å². The molecule has 0 aliphatic heterocycles. The van der Waals surface area contributed by atoms with Gasteiger partial charge in [-0.05, 0) is 34.0 Å². The molecular formula is C12H22Cl2N4O. The fourth-order valence-electron chi connectivity index (χ4n) is 1.14. The molecule has 110 valence electrons. The number of rotatable bonds is 4. The fraction of sp³-hybridized carbons (Fsp3) is 0.500. The van der Waals surface area contributed by atoms with Gasteiger partial charge in [-0.1, -0.05) is 0 Å². The van der Waals surface area contributed by atoms with Crippen LogP contribution in [0, 0.1) is 0 Å². The Morgan fingerprint density at radius 1 is 1.42 bits per heavy atom. The number of nitrogens with zero attached hydrogens (tertiary/aromatic N) is 2. The summed E-state index contributed by atoms with van der Waals surface area (Å²) in [6, 6.07) is 1.62. The number of nitrogens with two attached hydrogens (primary N) is 1. The Labute approximate surface area is 126 Å². The number of hydrogen-bond acceptors (Lipinski definition) is 4. The van der Waals surface area contributed by atoms with E-state index in [1.54, 1.807) is 12.3 Å². The number of nitrogens with one attached hydrogen (secondary N) is 1. The number of likely N-dealkylation sites (N-methyl/N-ethyl adjacent to an activating group) is 1. The lowest BCUT2D eigenvalue weighted by Crippen LogP contribution is -2.48. The topological polar surface area (TPSA) is 71.2 Å². The van der Waals surface area contributed by atoms with Gasteiger partial charge < -0.3 is 16.0 Å². The van der Waals surface area contributed by atoms with E-state index in [9.17, 15) is 4.79 Å². The molecule has 1 heterocycles. The normalized spacial score (nSPS) is 10.4. The highest BCUT2D eigenvalue weighted by atomic mass is 35.5. The highest BCUT2D eigenvalue weighted by molar-refractivity contribution is 5.98. The van der Waals surface area contributed by atoms with Crippen molar-refractivity contribution in [3.8, 4) is 0 Å². The van der Waals surface area contributed by atoms with E-state index in [1.165, 1.54) is 6.20 Å². The molecule has 0 atom stereocenters. The summed E-state index contributed by atoms with van der Waals surface area (Å²) >= 11 is 0. The van der Waals surface area contributed by atoms with Gasteiger partial charge in [-0.15, -0.1) is 24.8 Å². The molecule has 1 aromatic rings. The first kappa shape index (κ1) is 20.3. The summed E-state index contributed by atoms with van der Waals surface area (Å²) in [6.07, 6.45) is 3.04. The lowest BCUT2D eigenvalue weighted by Gasteiger charge is -2.32. The number of pyridine rings is 1. The van der Waals surface area contributed by atoms with Gasteiger partial charge in [0.15, 0.2) is 0 Å². The number of hydrogen-bond donors (Lipinski definition) is 2. The molecule has 0 spiro atoms. The van der Waals surface area contributed by atoms with Crippen molar-refractivity contribution in [2.45, 2.75) is 19.4 Å². The van der Waals surface area contributed by atoms with Crippen LogP contribution in [0.2, 0.25) is 0 Å². The zero-order valence-corrected chi connectivity index (χ0v) is 13.3. The Kier molecular flexibility index (Phi) is 8.75. The van der Waals surface area contributed by atoms with Crippen LogP contribution >= 0.6 is 24.8 Å². The molecule has 19 heavy (non-hydrogen) atoms. The Morgan fingerprint density at radius 3 is 2.47 bits per heavy atom. The summed E-state index contributed by atoms with van der Waals surface area (Å²) < 4.78 is 0. The molecule has 1 amide bonds. The van der Waals surface area contributed by atoms with Crippen LogP contribution in [-0.4, -0.2) is 42.0 Å². The molecule has 3 N–H and O–H groups in total. The zero-order chi connectivity index (χ0) is 13.1. The summed E-state index contributed by atoms with van der Waals surface area (Å²) in [7, 11) is 3.95. The van der Waals surface area contributed by atoms with Gasteiger partial charge >= 0.3 is 0 Å². The van der Waals surface area contributed by atoms with Gasteiger partial charge in [0, 0.05) is 30.2 Å². The van der Waals surface area contributed by atoms with E-state index in [4.69, 9.17) is 5.73 Å². The maximum Gasteiger partial charge on any atom is 0.255 e. The summed E-state index contributed by atoms with van der Waals surface area (Å²) in [5, 5.41) is 2.86. The summed E-state index contributed by atoms with van der Waals surface area (Å²) in [5.41, 5.74) is 6.47. The van der Waals surface area contributed by atoms with Gasteiger partial charge in [-0.25, -0.2) is 0 Å². The second-order valence-corrected chi connectivity index (χ2v) is 4.85. The molecule has 0 aromatic carbocycles. The number of aromatic nitrogens is 1. The molecule has 0 aliphatic carbocycles. The first-order valence-electron chi connectivity index (χ1n) is 5.50. The predicted octanol–water partition coefficient (Wildman–Crippen LogP) is 1.58. The van der Waals surface area contributed by atoms with Crippen LogP contribution in [0.5, 0.6) is 0 Å². The van der Waals surface area contributed by atoms with Gasteiger partial charge in [0.1, 0.15) is 0 Å². The van der Waals surface area contributed by atoms with Gasteiger partial charge in [-0.3, -0.25) is 9.78 Å². The van der Waals surface area contributed by atoms with Crippen LogP contribution in [0.15, 0.2) is 18.5 Å². The second-order valence-electron chi connectivity index (χ2n) is 4.85. The summed E-state index contributed by atoms with van der Waals surface area (Å²) in [6.45, 7) is 4.66. The maximum atomic E-state index is 11.9. The maximum absolute atomic E-state index is 11.9. The number of halogens is 2. The number of amides is 1. The van der Waals surface area contributed by atoms with E-state index < -0.39 is 0 Å². The fourth-order valence-corrected chi connectivity index (χ4v) is 1.14. The minimum Gasteiger partial charge on any atom is -0.398 e. The van der Waals surface area contributed by atoms with E-state index >= 15 is 0 Å². The highest BCUT2D eigenvalue weighted by Gasteiger charge is 2.21. The van der Waals surface area contributed by atoms with Crippen molar-refractivity contribution in [1.82, 2.24) is 15.2 Å². The number of nitrogen functional groups attached to an aromatic ring is 1. The molecule has 0 aliphatic rings. The van der Waals surface area contributed by atoms with Crippen molar-refractivity contribution in [2.75, 3.05) is 26.4 Å². The van der Waals surface area contributed by atoms with Crippen LogP contribution < -0.4 is 11.1 Å². The molecule has 0 radical (unpaired) electrons. The molecule has 7 heteroatoms. The Morgan fingerprint density at radius 2 is 2.00 bits per heavy atom. The molecule has 5 nitrogen and oxygen atoms in total. The molecule has 1 aromatic heterocycles. The van der Waals surface area contributed by atoms with Gasteiger partial charge in [0.05, 0.1) is 5.56 Å². The quantitative estimate of drug-likeness (QED) is 0.886. The van der Waals surface area contributed by atoms with E-state index in [0.29, 0.717) is 17.8 Å². The lowest BCUT2D eigenvalue weighted by atomic mass is 10.0. The minimum absolute atomic E-state index is 0. The van der Waals surface area contributed by atoms with Crippen LogP contribution in [0.1, 0.15) is 24.2 Å². The molecule has 0 bridgehead atoms. The molecule has 0 saturated heterocycles. The number of carbonyl (C=O) groups excluding carboxylic acids is 1. The van der Waals surface area contributed by atoms with Crippen LogP contribution in [0.25, 0.3) is 0 Å². The Balaban J connectivity index is 0. The lowest BCUT2D eigenvalue weighted by molar-refractivity contribution is 0.0920. The molecular weight excluding hydrogens is 287 g/mol. The first-order valence-corrected chi connectivity index (χ1v) is 5.50. The van der Waals surface area contributed by atoms with Crippen molar-refractivity contribution >= 4 is 36.4 Å². The first-order chi connectivity index (χ1) is 7.84. The van der Waals surface area contributed by atoms with E-state index in [2.05, 4.69) is 29.0 Å². The Bertz CT molecular complexity index is 410. The van der Waals surface area contributed by atoms with Crippen molar-refractivity contribution < 1.29 is 4.79 Å². The largest absolute Gasteiger partial charge is 0.398 e. The number of anilines is 1. The third-order valence-electron chi connectivity index (χ3n) is 2.99. The average molecular weight is 309 g/mol. The van der Waals surface area contributed by atoms with Gasteiger partial charge in [-0.2, -0.15) is 0 Å². The summed E-state index contributed by atoms with van der Waals surface area (Å²) in [5.74, 6) is -0.189. The second kappa shape index (κ2) is 8.19. The zero-order valence-electron chi connectivity index (χ0n) is 11.6. The third kappa shape index (κ3) is 5.63. The monoisotopic (exact) mass is 308 g/mol. The standard InChI is InChI=1S/C12H20N4O.2ClH/c1-12(2,16(3)4)8-15-11(17)9-7-14-6-5-10(9)13;;/h5-7H,8H2,1-4H3,(H2,13,14)(H,15,17);2*1H.